The maximum absolute atomic E-state index is 13.8. The molecule has 5 heteroatoms. The molecule has 2 nitrogen and oxygen atoms in total. The molecule has 1 atom stereocenters. The minimum Gasteiger partial charge on any atom is -0.353 e. The van der Waals surface area contributed by atoms with Crippen LogP contribution in [0.25, 0.3) is 0 Å². The Kier molecular flexibility index (Phi) is 6.67. The first-order chi connectivity index (χ1) is 11.5. The van der Waals surface area contributed by atoms with Gasteiger partial charge in [-0.05, 0) is 74.7 Å². The van der Waals surface area contributed by atoms with Crippen molar-refractivity contribution in [2.45, 2.75) is 26.2 Å². The number of anilines is 2. The van der Waals surface area contributed by atoms with Crippen LogP contribution in [-0.4, -0.2) is 13.6 Å². The number of rotatable bonds is 8. The Hall–Kier alpha value is -2.01. The van der Waals surface area contributed by atoms with E-state index in [1.807, 2.05) is 7.05 Å². The average Bonchev–Trinajstić information content (AvgIpc) is 2.52. The first-order valence-corrected chi connectivity index (χ1v) is 8.14. The van der Waals surface area contributed by atoms with Crippen LogP contribution in [-0.2, 0) is 6.42 Å². The van der Waals surface area contributed by atoms with E-state index in [2.05, 4.69) is 17.6 Å². The summed E-state index contributed by atoms with van der Waals surface area (Å²) in [5.41, 5.74) is 1.60. The molecule has 2 aromatic rings. The maximum atomic E-state index is 13.8. The van der Waals surface area contributed by atoms with Gasteiger partial charge in [0.1, 0.15) is 17.5 Å². The lowest BCUT2D eigenvalue weighted by Gasteiger charge is -2.16. The highest BCUT2D eigenvalue weighted by atomic mass is 19.1. The topological polar surface area (TPSA) is 24.1 Å². The van der Waals surface area contributed by atoms with Gasteiger partial charge in [-0.3, -0.25) is 0 Å². The molecule has 0 fully saturated rings. The van der Waals surface area contributed by atoms with Crippen LogP contribution in [0.5, 0.6) is 0 Å². The summed E-state index contributed by atoms with van der Waals surface area (Å²) in [6, 6.07) is 7.75. The maximum Gasteiger partial charge on any atom is 0.149 e. The van der Waals surface area contributed by atoms with Crippen molar-refractivity contribution in [3.05, 3.63) is 59.4 Å². The average molecular weight is 336 g/mol. The number of hydrogen-bond donors (Lipinski definition) is 2. The van der Waals surface area contributed by atoms with E-state index >= 15 is 0 Å². The first kappa shape index (κ1) is 18.3. The molecule has 0 aliphatic heterocycles. The lowest BCUT2D eigenvalue weighted by molar-refractivity contribution is 0.499. The van der Waals surface area contributed by atoms with Crippen LogP contribution in [0.1, 0.15) is 25.3 Å². The van der Waals surface area contributed by atoms with E-state index in [4.69, 9.17) is 0 Å². The second kappa shape index (κ2) is 8.73. The fourth-order valence-corrected chi connectivity index (χ4v) is 2.69. The van der Waals surface area contributed by atoms with E-state index in [0.717, 1.165) is 31.0 Å². The molecule has 0 aromatic heterocycles. The second-order valence-electron chi connectivity index (χ2n) is 6.11. The van der Waals surface area contributed by atoms with Crippen molar-refractivity contribution >= 4 is 11.4 Å². The monoisotopic (exact) mass is 336 g/mol. The van der Waals surface area contributed by atoms with Gasteiger partial charge in [0.25, 0.3) is 0 Å². The molecule has 0 saturated heterocycles. The lowest BCUT2D eigenvalue weighted by atomic mass is 9.95. The van der Waals surface area contributed by atoms with E-state index in [-0.39, 0.29) is 11.5 Å². The summed E-state index contributed by atoms with van der Waals surface area (Å²) >= 11 is 0. The van der Waals surface area contributed by atoms with Gasteiger partial charge >= 0.3 is 0 Å². The molecule has 2 aromatic carbocycles. The molecule has 0 heterocycles. The van der Waals surface area contributed by atoms with Crippen LogP contribution in [0.3, 0.4) is 0 Å². The zero-order valence-corrected chi connectivity index (χ0v) is 14.0. The minimum absolute atomic E-state index is 0.173. The van der Waals surface area contributed by atoms with E-state index in [0.29, 0.717) is 18.0 Å². The Bertz CT molecular complexity index is 674. The highest BCUT2D eigenvalue weighted by molar-refractivity contribution is 5.63. The molecular weight excluding hydrogens is 313 g/mol. The molecular formula is C19H23F3N2. The van der Waals surface area contributed by atoms with Crippen LogP contribution in [0.15, 0.2) is 36.4 Å². The predicted molar refractivity (Wildman–Crippen MR) is 92.1 cm³/mol. The van der Waals surface area contributed by atoms with Crippen molar-refractivity contribution in [3.8, 4) is 0 Å². The van der Waals surface area contributed by atoms with Crippen LogP contribution < -0.4 is 10.6 Å². The molecule has 0 spiro atoms. The largest absolute Gasteiger partial charge is 0.353 e. The number of nitrogens with one attached hydrogen (secondary N) is 2. The Morgan fingerprint density at radius 1 is 0.958 bits per heavy atom. The molecule has 0 amide bonds. The summed E-state index contributed by atoms with van der Waals surface area (Å²) in [4.78, 5) is 0. The Balaban J connectivity index is 2.15. The molecule has 2 rings (SSSR count). The van der Waals surface area contributed by atoms with Gasteiger partial charge in [0, 0.05) is 11.8 Å². The van der Waals surface area contributed by atoms with E-state index in [1.54, 1.807) is 6.07 Å². The molecule has 0 saturated carbocycles. The van der Waals surface area contributed by atoms with E-state index in [9.17, 15) is 13.2 Å². The normalized spacial score (nSPS) is 12.2. The third kappa shape index (κ3) is 5.27. The Labute approximate surface area is 141 Å². The highest BCUT2D eigenvalue weighted by Crippen LogP contribution is 2.27. The molecule has 0 unspecified atom stereocenters. The molecule has 130 valence electrons. The van der Waals surface area contributed by atoms with Crippen LogP contribution in [0.2, 0.25) is 0 Å². The quantitative estimate of drug-likeness (QED) is 0.661. The summed E-state index contributed by atoms with van der Waals surface area (Å²) in [5.74, 6) is -1.25. The summed E-state index contributed by atoms with van der Waals surface area (Å²) < 4.78 is 40.5. The van der Waals surface area contributed by atoms with Gasteiger partial charge < -0.3 is 10.6 Å². The standard InChI is InChI=1S/C19H23F3N2/c1-13(4-3-9-23-2)10-14-11-15(20)5-7-18(14)24-19-8-6-16(21)12-17(19)22/h5-8,11-13,23-24H,3-4,9-10H2,1-2H3/t13-/m0/s1. The zero-order valence-electron chi connectivity index (χ0n) is 14.0. The molecule has 0 aliphatic rings. The molecule has 0 radical (unpaired) electrons. The van der Waals surface area contributed by atoms with Gasteiger partial charge in [-0.1, -0.05) is 6.92 Å². The van der Waals surface area contributed by atoms with Crippen LogP contribution in [0.4, 0.5) is 24.5 Å². The summed E-state index contributed by atoms with van der Waals surface area (Å²) in [7, 11) is 1.91. The van der Waals surface area contributed by atoms with Crippen molar-refractivity contribution in [1.29, 1.82) is 0 Å². The number of halogens is 3. The van der Waals surface area contributed by atoms with Gasteiger partial charge in [0.15, 0.2) is 0 Å². The van der Waals surface area contributed by atoms with Gasteiger partial charge in [-0.2, -0.15) is 0 Å². The number of benzene rings is 2. The van der Waals surface area contributed by atoms with E-state index in [1.165, 1.54) is 24.3 Å². The van der Waals surface area contributed by atoms with Crippen molar-refractivity contribution in [2.75, 3.05) is 18.9 Å². The lowest BCUT2D eigenvalue weighted by Crippen LogP contribution is -2.10. The van der Waals surface area contributed by atoms with Crippen molar-refractivity contribution in [1.82, 2.24) is 5.32 Å². The van der Waals surface area contributed by atoms with Crippen molar-refractivity contribution in [2.24, 2.45) is 5.92 Å². The third-order valence-corrected chi connectivity index (χ3v) is 3.96. The fourth-order valence-electron chi connectivity index (χ4n) is 2.69. The molecule has 24 heavy (non-hydrogen) atoms. The SMILES string of the molecule is CNCCC[C@H](C)Cc1cc(F)ccc1Nc1ccc(F)cc1F. The molecule has 2 N–H and O–H groups in total. The fraction of sp³-hybridized carbons (Fsp3) is 0.368. The molecule has 0 aliphatic carbocycles. The van der Waals surface area contributed by atoms with Crippen molar-refractivity contribution in [3.63, 3.8) is 0 Å². The number of hydrogen-bond acceptors (Lipinski definition) is 2. The summed E-state index contributed by atoms with van der Waals surface area (Å²) in [6.07, 6.45) is 2.75. The van der Waals surface area contributed by atoms with Gasteiger partial charge in [0.2, 0.25) is 0 Å². The van der Waals surface area contributed by atoms with Crippen LogP contribution in [0, 0.1) is 23.4 Å². The smallest absolute Gasteiger partial charge is 0.149 e. The van der Waals surface area contributed by atoms with Crippen LogP contribution >= 0.6 is 0 Å². The predicted octanol–water partition coefficient (Wildman–Crippen LogP) is 5.03. The minimum atomic E-state index is -0.674. The highest BCUT2D eigenvalue weighted by Gasteiger charge is 2.11. The Morgan fingerprint density at radius 3 is 2.29 bits per heavy atom. The molecule has 0 bridgehead atoms. The third-order valence-electron chi connectivity index (χ3n) is 3.96. The second-order valence-corrected chi connectivity index (χ2v) is 6.11. The summed E-state index contributed by atoms with van der Waals surface area (Å²) in [5, 5.41) is 6.05. The van der Waals surface area contributed by atoms with Gasteiger partial charge in [0.05, 0.1) is 5.69 Å². The first-order valence-electron chi connectivity index (χ1n) is 8.14. The van der Waals surface area contributed by atoms with Gasteiger partial charge in [-0.25, -0.2) is 13.2 Å². The van der Waals surface area contributed by atoms with Gasteiger partial charge in [-0.15, -0.1) is 0 Å². The zero-order chi connectivity index (χ0) is 17.5. The van der Waals surface area contributed by atoms with Crippen molar-refractivity contribution < 1.29 is 13.2 Å². The Morgan fingerprint density at radius 2 is 1.62 bits per heavy atom. The van der Waals surface area contributed by atoms with E-state index < -0.39 is 11.6 Å². The summed E-state index contributed by atoms with van der Waals surface area (Å²) in [6.45, 7) is 3.06.